The van der Waals surface area contributed by atoms with E-state index in [9.17, 15) is 4.79 Å². The standard InChI is InChI=1S/C18H18N2OS/c1-10-5-6-14(12(3)7-10)17(21)20-18-19-15-9-11(2)8-13(4)16(15)22-18/h5-9H,1-4H3,(H,19,20,21). The quantitative estimate of drug-likeness (QED) is 0.740. The number of anilines is 1. The van der Waals surface area contributed by atoms with Crippen LogP contribution in [0.15, 0.2) is 30.3 Å². The van der Waals surface area contributed by atoms with Gasteiger partial charge in [0.05, 0.1) is 10.2 Å². The number of aromatic nitrogens is 1. The van der Waals surface area contributed by atoms with Crippen molar-refractivity contribution in [3.05, 3.63) is 58.1 Å². The highest BCUT2D eigenvalue weighted by atomic mass is 32.1. The summed E-state index contributed by atoms with van der Waals surface area (Å²) in [6.45, 7) is 8.10. The van der Waals surface area contributed by atoms with Gasteiger partial charge in [0, 0.05) is 5.56 Å². The second-order valence-electron chi connectivity index (χ2n) is 5.72. The molecule has 1 amide bonds. The molecule has 0 spiro atoms. The fourth-order valence-electron chi connectivity index (χ4n) is 2.66. The van der Waals surface area contributed by atoms with Gasteiger partial charge in [-0.1, -0.05) is 35.1 Å². The summed E-state index contributed by atoms with van der Waals surface area (Å²) in [5.74, 6) is -0.106. The van der Waals surface area contributed by atoms with Crippen molar-refractivity contribution >= 4 is 32.6 Å². The van der Waals surface area contributed by atoms with E-state index in [1.807, 2.05) is 38.1 Å². The Hall–Kier alpha value is -2.20. The van der Waals surface area contributed by atoms with Crippen LogP contribution in [0.25, 0.3) is 10.2 Å². The summed E-state index contributed by atoms with van der Waals surface area (Å²) in [6.07, 6.45) is 0. The highest BCUT2D eigenvalue weighted by Gasteiger charge is 2.13. The van der Waals surface area contributed by atoms with Crippen molar-refractivity contribution in [1.82, 2.24) is 4.98 Å². The van der Waals surface area contributed by atoms with Crippen LogP contribution in [-0.4, -0.2) is 10.9 Å². The van der Waals surface area contributed by atoms with E-state index in [0.29, 0.717) is 10.7 Å². The molecule has 0 fully saturated rings. The summed E-state index contributed by atoms with van der Waals surface area (Å²) in [5.41, 5.74) is 6.14. The molecule has 3 aromatic rings. The van der Waals surface area contributed by atoms with Gasteiger partial charge in [-0.15, -0.1) is 0 Å². The molecule has 0 atom stereocenters. The third-order valence-corrected chi connectivity index (χ3v) is 4.79. The molecule has 1 aromatic heterocycles. The number of aryl methyl sites for hydroxylation is 4. The lowest BCUT2D eigenvalue weighted by Gasteiger charge is -2.06. The molecule has 3 rings (SSSR count). The fraction of sp³-hybridized carbons (Fsp3) is 0.222. The molecule has 0 radical (unpaired) electrons. The average Bonchev–Trinajstić information content (AvgIpc) is 2.81. The molecule has 3 nitrogen and oxygen atoms in total. The van der Waals surface area contributed by atoms with Crippen LogP contribution in [0.3, 0.4) is 0 Å². The molecule has 0 aliphatic carbocycles. The van der Waals surface area contributed by atoms with Crippen LogP contribution in [0.2, 0.25) is 0 Å². The maximum absolute atomic E-state index is 12.4. The predicted molar refractivity (Wildman–Crippen MR) is 93.0 cm³/mol. The van der Waals surface area contributed by atoms with Crippen molar-refractivity contribution in [2.75, 3.05) is 5.32 Å². The Bertz CT molecular complexity index is 880. The molecule has 1 heterocycles. The van der Waals surface area contributed by atoms with Gasteiger partial charge in [-0.05, 0) is 56.5 Å². The molecular weight excluding hydrogens is 292 g/mol. The number of rotatable bonds is 2. The zero-order valence-electron chi connectivity index (χ0n) is 13.2. The van der Waals surface area contributed by atoms with Gasteiger partial charge in [-0.3, -0.25) is 10.1 Å². The van der Waals surface area contributed by atoms with Crippen LogP contribution in [0.4, 0.5) is 5.13 Å². The number of nitrogens with zero attached hydrogens (tertiary/aromatic N) is 1. The van der Waals surface area contributed by atoms with Gasteiger partial charge in [0.15, 0.2) is 5.13 Å². The number of amides is 1. The molecule has 22 heavy (non-hydrogen) atoms. The van der Waals surface area contributed by atoms with Crippen molar-refractivity contribution in [2.45, 2.75) is 27.7 Å². The van der Waals surface area contributed by atoms with Crippen LogP contribution in [0.5, 0.6) is 0 Å². The molecule has 0 aliphatic rings. The Morgan fingerprint density at radius 1 is 1.00 bits per heavy atom. The van der Waals surface area contributed by atoms with Crippen LogP contribution in [-0.2, 0) is 0 Å². The number of hydrogen-bond donors (Lipinski definition) is 1. The van der Waals surface area contributed by atoms with E-state index in [1.165, 1.54) is 22.5 Å². The molecular formula is C18H18N2OS. The zero-order chi connectivity index (χ0) is 15.9. The van der Waals surface area contributed by atoms with E-state index < -0.39 is 0 Å². The third-order valence-electron chi connectivity index (χ3n) is 3.67. The number of benzene rings is 2. The van der Waals surface area contributed by atoms with E-state index in [2.05, 4.69) is 30.2 Å². The summed E-state index contributed by atoms with van der Waals surface area (Å²) < 4.78 is 1.13. The Balaban J connectivity index is 1.92. The lowest BCUT2D eigenvalue weighted by Crippen LogP contribution is -2.13. The fourth-order valence-corrected chi connectivity index (χ4v) is 3.57. The summed E-state index contributed by atoms with van der Waals surface area (Å²) >= 11 is 1.52. The number of thiazole rings is 1. The van der Waals surface area contributed by atoms with Crippen LogP contribution < -0.4 is 5.32 Å². The van der Waals surface area contributed by atoms with Crippen molar-refractivity contribution < 1.29 is 4.79 Å². The lowest BCUT2D eigenvalue weighted by molar-refractivity contribution is 0.102. The van der Waals surface area contributed by atoms with Crippen molar-refractivity contribution in [3.8, 4) is 0 Å². The van der Waals surface area contributed by atoms with E-state index in [0.717, 1.165) is 21.3 Å². The van der Waals surface area contributed by atoms with E-state index in [1.54, 1.807) is 0 Å². The number of carbonyl (C=O) groups is 1. The van der Waals surface area contributed by atoms with Crippen LogP contribution >= 0.6 is 11.3 Å². The SMILES string of the molecule is Cc1ccc(C(=O)Nc2nc3cc(C)cc(C)c3s2)c(C)c1. The van der Waals surface area contributed by atoms with E-state index in [-0.39, 0.29) is 5.91 Å². The zero-order valence-corrected chi connectivity index (χ0v) is 14.0. The summed E-state index contributed by atoms with van der Waals surface area (Å²) in [5, 5.41) is 3.57. The van der Waals surface area contributed by atoms with Crippen molar-refractivity contribution in [3.63, 3.8) is 0 Å². The summed E-state index contributed by atoms with van der Waals surface area (Å²) in [4.78, 5) is 17.0. The van der Waals surface area contributed by atoms with Crippen LogP contribution in [0, 0.1) is 27.7 Å². The number of nitrogens with one attached hydrogen (secondary N) is 1. The first-order valence-electron chi connectivity index (χ1n) is 7.20. The van der Waals surface area contributed by atoms with Gasteiger partial charge < -0.3 is 0 Å². The Morgan fingerprint density at radius 3 is 2.45 bits per heavy atom. The van der Waals surface area contributed by atoms with Gasteiger partial charge in [0.1, 0.15) is 0 Å². The third kappa shape index (κ3) is 2.74. The minimum Gasteiger partial charge on any atom is -0.298 e. The predicted octanol–water partition coefficient (Wildman–Crippen LogP) is 4.78. The van der Waals surface area contributed by atoms with Gasteiger partial charge in [-0.25, -0.2) is 4.98 Å². The topological polar surface area (TPSA) is 42.0 Å². The molecule has 112 valence electrons. The Morgan fingerprint density at radius 2 is 1.73 bits per heavy atom. The Labute approximate surface area is 134 Å². The van der Waals surface area contributed by atoms with Gasteiger partial charge >= 0.3 is 0 Å². The molecule has 0 unspecified atom stereocenters. The maximum atomic E-state index is 12.4. The van der Waals surface area contributed by atoms with Gasteiger partial charge in [0.25, 0.3) is 5.91 Å². The molecule has 2 aromatic carbocycles. The minimum atomic E-state index is -0.106. The average molecular weight is 310 g/mol. The first kappa shape index (κ1) is 14.7. The van der Waals surface area contributed by atoms with E-state index in [4.69, 9.17) is 0 Å². The first-order chi connectivity index (χ1) is 10.4. The second kappa shape index (κ2) is 5.54. The highest BCUT2D eigenvalue weighted by Crippen LogP contribution is 2.30. The first-order valence-corrected chi connectivity index (χ1v) is 8.02. The minimum absolute atomic E-state index is 0.106. The largest absolute Gasteiger partial charge is 0.298 e. The monoisotopic (exact) mass is 310 g/mol. The second-order valence-corrected chi connectivity index (χ2v) is 6.72. The molecule has 0 saturated heterocycles. The Kier molecular flexibility index (Phi) is 3.71. The number of fused-ring (bicyclic) bond motifs is 1. The van der Waals surface area contributed by atoms with Crippen molar-refractivity contribution in [1.29, 1.82) is 0 Å². The lowest BCUT2D eigenvalue weighted by atomic mass is 10.1. The van der Waals surface area contributed by atoms with Crippen LogP contribution in [0.1, 0.15) is 32.6 Å². The number of carbonyl (C=O) groups excluding carboxylic acids is 1. The number of hydrogen-bond acceptors (Lipinski definition) is 3. The van der Waals surface area contributed by atoms with E-state index >= 15 is 0 Å². The molecule has 1 N–H and O–H groups in total. The normalized spacial score (nSPS) is 10.9. The molecule has 0 saturated carbocycles. The molecule has 0 bridgehead atoms. The smallest absolute Gasteiger partial charge is 0.257 e. The van der Waals surface area contributed by atoms with Crippen molar-refractivity contribution in [2.24, 2.45) is 0 Å². The van der Waals surface area contributed by atoms with Gasteiger partial charge in [-0.2, -0.15) is 0 Å². The summed E-state index contributed by atoms with van der Waals surface area (Å²) in [6, 6.07) is 10.0. The van der Waals surface area contributed by atoms with Gasteiger partial charge in [0.2, 0.25) is 0 Å². The highest BCUT2D eigenvalue weighted by molar-refractivity contribution is 7.22. The summed E-state index contributed by atoms with van der Waals surface area (Å²) in [7, 11) is 0. The molecule has 4 heteroatoms. The maximum Gasteiger partial charge on any atom is 0.257 e. The molecule has 0 aliphatic heterocycles.